The lowest BCUT2D eigenvalue weighted by atomic mass is 9.86. The summed E-state index contributed by atoms with van der Waals surface area (Å²) in [6.45, 7) is 0. The van der Waals surface area contributed by atoms with E-state index in [4.69, 9.17) is 12.2 Å². The van der Waals surface area contributed by atoms with Crippen LogP contribution in [0.3, 0.4) is 0 Å². The molecule has 2 nitrogen and oxygen atoms in total. The Hall–Kier alpha value is -1.74. The first kappa shape index (κ1) is 9.48. The molecular formula is C13H10N2S. The van der Waals surface area contributed by atoms with Gasteiger partial charge >= 0.3 is 0 Å². The van der Waals surface area contributed by atoms with Gasteiger partial charge in [0.2, 0.25) is 0 Å². The lowest BCUT2D eigenvalue weighted by Crippen LogP contribution is -2.10. The fourth-order valence-electron chi connectivity index (χ4n) is 2.07. The summed E-state index contributed by atoms with van der Waals surface area (Å²) in [4.78, 5) is 8.21. The van der Waals surface area contributed by atoms with Crippen LogP contribution in [0.1, 0.15) is 22.7 Å². The van der Waals surface area contributed by atoms with E-state index in [1.165, 1.54) is 5.56 Å². The van der Waals surface area contributed by atoms with Crippen molar-refractivity contribution in [1.29, 1.82) is 0 Å². The van der Waals surface area contributed by atoms with Gasteiger partial charge in [0, 0.05) is 17.0 Å². The van der Waals surface area contributed by atoms with Crippen molar-refractivity contribution < 1.29 is 0 Å². The molecule has 1 unspecified atom stereocenters. The number of benzene rings is 1. The maximum atomic E-state index is 5.33. The van der Waals surface area contributed by atoms with Crippen molar-refractivity contribution in [2.75, 3.05) is 0 Å². The number of aromatic nitrogens is 2. The Bertz CT molecular complexity index is 555. The minimum Gasteiger partial charge on any atom is -0.351 e. The molecule has 1 N–H and O–H groups in total. The number of nitrogens with one attached hydrogen (secondary N) is 1. The molecule has 78 valence electrons. The number of hydrogen-bond donors (Lipinski definition) is 1. The van der Waals surface area contributed by atoms with Gasteiger partial charge in [0.25, 0.3) is 0 Å². The van der Waals surface area contributed by atoms with Crippen molar-refractivity contribution in [2.24, 2.45) is 0 Å². The second-order valence-corrected chi connectivity index (χ2v) is 4.22. The van der Waals surface area contributed by atoms with Crippen LogP contribution < -0.4 is 0 Å². The minimum absolute atomic E-state index is 0.217. The molecule has 1 aliphatic carbocycles. The van der Waals surface area contributed by atoms with Crippen LogP contribution in [0.15, 0.2) is 48.9 Å². The van der Waals surface area contributed by atoms with Crippen molar-refractivity contribution in [2.45, 2.75) is 5.92 Å². The summed E-state index contributed by atoms with van der Waals surface area (Å²) >= 11 is 5.33. The average Bonchev–Trinajstić information content (AvgIpc) is 2.83. The molecule has 2 aromatic rings. The predicted molar refractivity (Wildman–Crippen MR) is 67.7 cm³/mol. The Morgan fingerprint density at radius 1 is 1.25 bits per heavy atom. The van der Waals surface area contributed by atoms with E-state index in [0.717, 1.165) is 16.1 Å². The first-order chi connectivity index (χ1) is 7.86. The van der Waals surface area contributed by atoms with Gasteiger partial charge in [0.15, 0.2) is 0 Å². The van der Waals surface area contributed by atoms with Crippen LogP contribution in [0.4, 0.5) is 0 Å². The molecule has 0 fully saturated rings. The van der Waals surface area contributed by atoms with E-state index in [-0.39, 0.29) is 5.92 Å². The standard InChI is InChI=1S/C13H10N2S/c16-13-6-5-10(12-7-14-8-15-12)9-3-1-2-4-11(9)13/h1-8,10H,(H,14,15). The first-order valence-electron chi connectivity index (χ1n) is 5.16. The molecule has 16 heavy (non-hydrogen) atoms. The zero-order valence-corrected chi connectivity index (χ0v) is 9.37. The zero-order chi connectivity index (χ0) is 11.0. The highest BCUT2D eigenvalue weighted by Gasteiger charge is 2.20. The van der Waals surface area contributed by atoms with Gasteiger partial charge in [-0.25, -0.2) is 4.98 Å². The number of aromatic amines is 1. The third kappa shape index (κ3) is 1.41. The SMILES string of the molecule is S=C1C=CC(c2c[nH]cn2)c2ccccc21. The van der Waals surface area contributed by atoms with Crippen LogP contribution in [-0.2, 0) is 0 Å². The molecule has 1 aromatic heterocycles. The van der Waals surface area contributed by atoms with Gasteiger partial charge < -0.3 is 4.98 Å². The lowest BCUT2D eigenvalue weighted by Gasteiger charge is -2.19. The lowest BCUT2D eigenvalue weighted by molar-refractivity contribution is 0.965. The van der Waals surface area contributed by atoms with Crippen LogP contribution >= 0.6 is 12.2 Å². The monoisotopic (exact) mass is 226 g/mol. The molecule has 0 saturated carbocycles. The molecule has 0 radical (unpaired) electrons. The van der Waals surface area contributed by atoms with E-state index >= 15 is 0 Å². The topological polar surface area (TPSA) is 28.7 Å². The maximum absolute atomic E-state index is 5.33. The average molecular weight is 226 g/mol. The van der Waals surface area contributed by atoms with Crippen molar-refractivity contribution >= 4 is 17.1 Å². The number of imidazole rings is 1. The molecule has 0 amide bonds. The fourth-order valence-corrected chi connectivity index (χ4v) is 2.33. The Balaban J connectivity index is 2.16. The Morgan fingerprint density at radius 2 is 2.12 bits per heavy atom. The molecule has 1 aliphatic rings. The van der Waals surface area contributed by atoms with Gasteiger partial charge in [0.1, 0.15) is 0 Å². The highest BCUT2D eigenvalue weighted by atomic mass is 32.1. The van der Waals surface area contributed by atoms with Crippen LogP contribution in [0.5, 0.6) is 0 Å². The summed E-state index contributed by atoms with van der Waals surface area (Å²) in [5.74, 6) is 0.217. The van der Waals surface area contributed by atoms with E-state index in [1.807, 2.05) is 24.4 Å². The van der Waals surface area contributed by atoms with Gasteiger partial charge in [0.05, 0.1) is 12.0 Å². The summed E-state index contributed by atoms with van der Waals surface area (Å²) in [5, 5.41) is 0. The number of thiocarbonyl (C=S) groups is 1. The molecule has 0 saturated heterocycles. The van der Waals surface area contributed by atoms with Gasteiger partial charge in [-0.05, 0) is 17.2 Å². The summed E-state index contributed by atoms with van der Waals surface area (Å²) < 4.78 is 0. The second-order valence-electron chi connectivity index (χ2n) is 3.78. The minimum atomic E-state index is 0.217. The molecule has 0 spiro atoms. The number of hydrogen-bond acceptors (Lipinski definition) is 2. The Kier molecular flexibility index (Phi) is 2.18. The van der Waals surface area contributed by atoms with Crippen LogP contribution in [-0.4, -0.2) is 14.8 Å². The molecule has 3 heteroatoms. The summed E-state index contributed by atoms with van der Waals surface area (Å²) in [5.41, 5.74) is 3.42. The molecule has 0 bridgehead atoms. The van der Waals surface area contributed by atoms with E-state index in [9.17, 15) is 0 Å². The van der Waals surface area contributed by atoms with Crippen molar-refractivity contribution in [3.63, 3.8) is 0 Å². The van der Waals surface area contributed by atoms with Gasteiger partial charge in [-0.2, -0.15) is 0 Å². The third-order valence-corrected chi connectivity index (χ3v) is 3.20. The van der Waals surface area contributed by atoms with Crippen molar-refractivity contribution in [1.82, 2.24) is 9.97 Å². The van der Waals surface area contributed by atoms with Crippen molar-refractivity contribution in [3.05, 3.63) is 65.8 Å². The van der Waals surface area contributed by atoms with Crippen LogP contribution in [0, 0.1) is 0 Å². The number of rotatable bonds is 1. The summed E-state index contributed by atoms with van der Waals surface area (Å²) in [6.07, 6.45) is 7.75. The molecule has 1 heterocycles. The number of allylic oxidation sites excluding steroid dienone is 2. The van der Waals surface area contributed by atoms with E-state index in [0.29, 0.717) is 0 Å². The fraction of sp³-hybridized carbons (Fsp3) is 0.0769. The second kappa shape index (κ2) is 3.68. The molecule has 0 aliphatic heterocycles. The van der Waals surface area contributed by atoms with Gasteiger partial charge in [-0.1, -0.05) is 42.6 Å². The largest absolute Gasteiger partial charge is 0.351 e. The molecule has 3 rings (SSSR count). The number of H-pyrrole nitrogens is 1. The first-order valence-corrected chi connectivity index (χ1v) is 5.57. The molecular weight excluding hydrogens is 216 g/mol. The smallest absolute Gasteiger partial charge is 0.0923 e. The number of fused-ring (bicyclic) bond motifs is 1. The van der Waals surface area contributed by atoms with Crippen LogP contribution in [0.2, 0.25) is 0 Å². The highest BCUT2D eigenvalue weighted by molar-refractivity contribution is 7.81. The van der Waals surface area contributed by atoms with E-state index in [1.54, 1.807) is 6.33 Å². The zero-order valence-electron chi connectivity index (χ0n) is 8.55. The number of nitrogens with zero attached hydrogens (tertiary/aromatic N) is 1. The predicted octanol–water partition coefficient (Wildman–Crippen LogP) is 2.83. The maximum Gasteiger partial charge on any atom is 0.0923 e. The molecule has 1 atom stereocenters. The van der Waals surface area contributed by atoms with Gasteiger partial charge in [-0.3, -0.25) is 0 Å². The summed E-state index contributed by atoms with van der Waals surface area (Å²) in [6, 6.07) is 8.25. The quantitative estimate of drug-likeness (QED) is 0.757. The summed E-state index contributed by atoms with van der Waals surface area (Å²) in [7, 11) is 0. The Morgan fingerprint density at radius 3 is 2.94 bits per heavy atom. The van der Waals surface area contributed by atoms with E-state index < -0.39 is 0 Å². The van der Waals surface area contributed by atoms with Crippen LogP contribution in [0.25, 0.3) is 0 Å². The highest BCUT2D eigenvalue weighted by Crippen LogP contribution is 2.31. The Labute approximate surface area is 99.0 Å². The van der Waals surface area contributed by atoms with Gasteiger partial charge in [-0.15, -0.1) is 0 Å². The van der Waals surface area contributed by atoms with E-state index in [2.05, 4.69) is 28.2 Å². The van der Waals surface area contributed by atoms with Crippen molar-refractivity contribution in [3.8, 4) is 0 Å². The third-order valence-electron chi connectivity index (χ3n) is 2.84. The molecule has 1 aromatic carbocycles. The normalized spacial score (nSPS) is 18.5.